The lowest BCUT2D eigenvalue weighted by molar-refractivity contribution is 0.110. The molecule has 1 unspecified atom stereocenters. The molecule has 0 aromatic heterocycles. The second kappa shape index (κ2) is 7.57. The lowest BCUT2D eigenvalue weighted by atomic mass is 10.1. The summed E-state index contributed by atoms with van der Waals surface area (Å²) in [5.74, 6) is 0.606. The van der Waals surface area contributed by atoms with Crippen molar-refractivity contribution in [3.8, 4) is 5.75 Å². The van der Waals surface area contributed by atoms with Crippen LogP contribution in [0.2, 0.25) is 0 Å². The van der Waals surface area contributed by atoms with Gasteiger partial charge in [0, 0.05) is 32.2 Å². The number of ether oxygens (including phenoxy) is 2. The highest BCUT2D eigenvalue weighted by Gasteiger charge is 2.25. The summed E-state index contributed by atoms with van der Waals surface area (Å²) in [5, 5.41) is 0. The van der Waals surface area contributed by atoms with E-state index in [4.69, 9.17) is 15.2 Å². The zero-order valence-corrected chi connectivity index (χ0v) is 12.0. The first-order valence-corrected chi connectivity index (χ1v) is 7.09. The standard InChI is InChI=1S/C15H23FN2O2/c1-19-8-7-18(6-2-5-17)11-14-10-12-9-13(16)3-4-15(12)20-14/h3-4,9,14H,2,5-8,10-11,17H2,1H3. The Kier molecular flexibility index (Phi) is 5.76. The minimum absolute atomic E-state index is 0.0847. The molecular formula is C15H23FN2O2. The van der Waals surface area contributed by atoms with Crippen molar-refractivity contribution in [1.82, 2.24) is 4.90 Å². The van der Waals surface area contributed by atoms with Crippen LogP contribution in [-0.4, -0.2) is 50.9 Å². The van der Waals surface area contributed by atoms with Crippen molar-refractivity contribution in [2.45, 2.75) is 18.9 Å². The molecule has 2 rings (SSSR count). The van der Waals surface area contributed by atoms with Crippen LogP contribution < -0.4 is 10.5 Å². The highest BCUT2D eigenvalue weighted by molar-refractivity contribution is 5.37. The van der Waals surface area contributed by atoms with Gasteiger partial charge in [-0.2, -0.15) is 0 Å². The second-order valence-electron chi connectivity index (χ2n) is 5.13. The smallest absolute Gasteiger partial charge is 0.123 e. The monoisotopic (exact) mass is 282 g/mol. The Morgan fingerprint density at radius 2 is 2.30 bits per heavy atom. The fourth-order valence-electron chi connectivity index (χ4n) is 2.51. The van der Waals surface area contributed by atoms with E-state index in [1.807, 2.05) is 0 Å². The van der Waals surface area contributed by atoms with E-state index >= 15 is 0 Å². The molecule has 0 bridgehead atoms. The van der Waals surface area contributed by atoms with Gasteiger partial charge in [-0.3, -0.25) is 4.90 Å². The lowest BCUT2D eigenvalue weighted by Crippen LogP contribution is -2.38. The molecule has 4 nitrogen and oxygen atoms in total. The average molecular weight is 282 g/mol. The number of benzene rings is 1. The molecule has 1 aromatic carbocycles. The highest BCUT2D eigenvalue weighted by Crippen LogP contribution is 2.29. The van der Waals surface area contributed by atoms with E-state index < -0.39 is 0 Å². The molecule has 1 aliphatic heterocycles. The first-order chi connectivity index (χ1) is 9.72. The van der Waals surface area contributed by atoms with E-state index in [2.05, 4.69) is 4.90 Å². The molecule has 0 fully saturated rings. The third kappa shape index (κ3) is 4.16. The fraction of sp³-hybridized carbons (Fsp3) is 0.600. The zero-order valence-electron chi connectivity index (χ0n) is 12.0. The topological polar surface area (TPSA) is 47.7 Å². The van der Waals surface area contributed by atoms with Crippen LogP contribution in [0.1, 0.15) is 12.0 Å². The van der Waals surface area contributed by atoms with Crippen LogP contribution in [0.25, 0.3) is 0 Å². The molecule has 20 heavy (non-hydrogen) atoms. The van der Waals surface area contributed by atoms with E-state index in [0.29, 0.717) is 13.2 Å². The van der Waals surface area contributed by atoms with E-state index in [9.17, 15) is 4.39 Å². The molecule has 1 atom stereocenters. The maximum absolute atomic E-state index is 13.2. The van der Waals surface area contributed by atoms with E-state index in [-0.39, 0.29) is 11.9 Å². The molecule has 0 saturated carbocycles. The summed E-state index contributed by atoms with van der Waals surface area (Å²) in [6.45, 7) is 3.99. The molecule has 1 aliphatic rings. The number of halogens is 1. The van der Waals surface area contributed by atoms with E-state index in [1.165, 1.54) is 6.07 Å². The van der Waals surface area contributed by atoms with Crippen LogP contribution in [0.15, 0.2) is 18.2 Å². The van der Waals surface area contributed by atoms with Crippen LogP contribution in [0.3, 0.4) is 0 Å². The quantitative estimate of drug-likeness (QED) is 0.783. The molecule has 0 spiro atoms. The summed E-state index contributed by atoms with van der Waals surface area (Å²) in [5.41, 5.74) is 6.53. The van der Waals surface area contributed by atoms with Gasteiger partial charge in [0.15, 0.2) is 0 Å². The molecule has 0 aliphatic carbocycles. The first-order valence-electron chi connectivity index (χ1n) is 7.09. The average Bonchev–Trinajstić information content (AvgIpc) is 2.83. The van der Waals surface area contributed by atoms with Crippen molar-refractivity contribution in [1.29, 1.82) is 0 Å². The van der Waals surface area contributed by atoms with Gasteiger partial charge in [-0.25, -0.2) is 4.39 Å². The van der Waals surface area contributed by atoms with Crippen molar-refractivity contribution in [2.75, 3.05) is 39.9 Å². The Balaban J connectivity index is 1.88. The van der Waals surface area contributed by atoms with Crippen LogP contribution in [0.4, 0.5) is 4.39 Å². The number of hydrogen-bond acceptors (Lipinski definition) is 4. The van der Waals surface area contributed by atoms with Crippen LogP contribution >= 0.6 is 0 Å². The molecule has 112 valence electrons. The van der Waals surface area contributed by atoms with Gasteiger partial charge in [-0.05, 0) is 37.7 Å². The van der Waals surface area contributed by atoms with Gasteiger partial charge in [0.1, 0.15) is 17.7 Å². The summed E-state index contributed by atoms with van der Waals surface area (Å²) in [6.07, 6.45) is 1.80. The largest absolute Gasteiger partial charge is 0.488 e. The fourth-order valence-corrected chi connectivity index (χ4v) is 2.51. The maximum Gasteiger partial charge on any atom is 0.123 e. The summed E-state index contributed by atoms with van der Waals surface area (Å²) in [4.78, 5) is 2.29. The number of methoxy groups -OCH3 is 1. The number of rotatable bonds is 8. The van der Waals surface area contributed by atoms with E-state index in [0.717, 1.165) is 43.8 Å². The minimum Gasteiger partial charge on any atom is -0.488 e. The van der Waals surface area contributed by atoms with Gasteiger partial charge in [0.25, 0.3) is 0 Å². The summed E-state index contributed by atoms with van der Waals surface area (Å²) < 4.78 is 24.2. The zero-order chi connectivity index (χ0) is 14.4. The second-order valence-corrected chi connectivity index (χ2v) is 5.13. The number of fused-ring (bicyclic) bond motifs is 1. The Hall–Kier alpha value is -1.17. The van der Waals surface area contributed by atoms with Crippen molar-refractivity contribution >= 4 is 0 Å². The first kappa shape index (κ1) is 15.2. The van der Waals surface area contributed by atoms with Gasteiger partial charge < -0.3 is 15.2 Å². The normalized spacial score (nSPS) is 17.3. The summed E-state index contributed by atoms with van der Waals surface area (Å²) >= 11 is 0. The Bertz CT molecular complexity index is 420. The van der Waals surface area contributed by atoms with Crippen LogP contribution in [0, 0.1) is 5.82 Å². The van der Waals surface area contributed by atoms with E-state index in [1.54, 1.807) is 19.2 Å². The van der Waals surface area contributed by atoms with Crippen molar-refractivity contribution < 1.29 is 13.9 Å². The predicted molar refractivity (Wildman–Crippen MR) is 76.5 cm³/mol. The molecule has 0 saturated heterocycles. The summed E-state index contributed by atoms with van der Waals surface area (Å²) in [7, 11) is 1.70. The van der Waals surface area contributed by atoms with Crippen molar-refractivity contribution in [2.24, 2.45) is 5.73 Å². The van der Waals surface area contributed by atoms with Gasteiger partial charge in [-0.1, -0.05) is 0 Å². The highest BCUT2D eigenvalue weighted by atomic mass is 19.1. The third-order valence-corrected chi connectivity index (χ3v) is 3.52. The molecular weight excluding hydrogens is 259 g/mol. The Morgan fingerprint density at radius 3 is 3.05 bits per heavy atom. The van der Waals surface area contributed by atoms with Crippen molar-refractivity contribution in [3.63, 3.8) is 0 Å². The molecule has 2 N–H and O–H groups in total. The predicted octanol–water partition coefficient (Wildman–Crippen LogP) is 1.43. The molecule has 0 radical (unpaired) electrons. The van der Waals surface area contributed by atoms with Gasteiger partial charge in [0.05, 0.1) is 6.61 Å². The van der Waals surface area contributed by atoms with Gasteiger partial charge in [-0.15, -0.1) is 0 Å². The number of hydrogen-bond donors (Lipinski definition) is 1. The molecule has 5 heteroatoms. The summed E-state index contributed by atoms with van der Waals surface area (Å²) in [6, 6.07) is 4.72. The Labute approximate surface area is 119 Å². The van der Waals surface area contributed by atoms with Crippen LogP contribution in [0.5, 0.6) is 5.75 Å². The van der Waals surface area contributed by atoms with Gasteiger partial charge in [0.2, 0.25) is 0 Å². The van der Waals surface area contributed by atoms with Crippen LogP contribution in [-0.2, 0) is 11.2 Å². The molecule has 1 heterocycles. The third-order valence-electron chi connectivity index (χ3n) is 3.52. The molecule has 1 aromatic rings. The number of nitrogens with two attached hydrogens (primary N) is 1. The lowest BCUT2D eigenvalue weighted by Gasteiger charge is -2.24. The minimum atomic E-state index is -0.202. The van der Waals surface area contributed by atoms with Crippen molar-refractivity contribution in [3.05, 3.63) is 29.6 Å². The van der Waals surface area contributed by atoms with Gasteiger partial charge >= 0.3 is 0 Å². The number of nitrogens with zero attached hydrogens (tertiary/aromatic N) is 1. The maximum atomic E-state index is 13.2. The Morgan fingerprint density at radius 1 is 1.45 bits per heavy atom. The SMILES string of the molecule is COCCN(CCCN)CC1Cc2cc(F)ccc2O1. The molecule has 0 amide bonds.